The van der Waals surface area contributed by atoms with Gasteiger partial charge in [0.15, 0.2) is 5.65 Å². The van der Waals surface area contributed by atoms with Gasteiger partial charge in [0.1, 0.15) is 11.6 Å². The number of anilines is 1. The quantitative estimate of drug-likeness (QED) is 0.769. The number of thiazole rings is 1. The minimum atomic E-state index is 0.492. The molecule has 0 aromatic carbocycles. The molecule has 0 radical (unpaired) electrons. The molecule has 1 aliphatic rings. The summed E-state index contributed by atoms with van der Waals surface area (Å²) in [4.78, 5) is 14.1. The Morgan fingerprint density at radius 1 is 1.25 bits per heavy atom. The maximum Gasteiger partial charge on any atom is 0.163 e. The van der Waals surface area contributed by atoms with Gasteiger partial charge in [-0.2, -0.15) is 5.10 Å². The van der Waals surface area contributed by atoms with Gasteiger partial charge >= 0.3 is 0 Å². The van der Waals surface area contributed by atoms with Gasteiger partial charge in [0.05, 0.1) is 16.6 Å². The second-order valence-electron chi connectivity index (χ2n) is 6.48. The zero-order valence-electron chi connectivity index (χ0n) is 14.1. The predicted octanol–water partition coefficient (Wildman–Crippen LogP) is 3.44. The van der Waals surface area contributed by atoms with E-state index in [1.807, 2.05) is 24.9 Å². The van der Waals surface area contributed by atoms with E-state index in [4.69, 9.17) is 9.97 Å². The SMILES string of the molecule is Cc1csc(CCNc2nc(C3CCCC3)nc3c2cnn3C)n1. The Morgan fingerprint density at radius 3 is 2.83 bits per heavy atom. The molecule has 3 heterocycles. The third-order valence-corrected chi connectivity index (χ3v) is 5.65. The Labute approximate surface area is 145 Å². The van der Waals surface area contributed by atoms with Crippen LogP contribution in [0.1, 0.15) is 48.1 Å². The molecule has 0 spiro atoms. The van der Waals surface area contributed by atoms with Gasteiger partial charge in [-0.3, -0.25) is 4.68 Å². The van der Waals surface area contributed by atoms with Crippen LogP contribution >= 0.6 is 11.3 Å². The molecule has 3 aromatic rings. The van der Waals surface area contributed by atoms with Crippen LogP contribution in [-0.4, -0.2) is 31.3 Å². The topological polar surface area (TPSA) is 68.5 Å². The molecule has 1 saturated carbocycles. The second kappa shape index (κ2) is 6.47. The van der Waals surface area contributed by atoms with Gasteiger partial charge in [-0.15, -0.1) is 11.3 Å². The van der Waals surface area contributed by atoms with Crippen LogP contribution in [0.25, 0.3) is 11.0 Å². The summed E-state index contributed by atoms with van der Waals surface area (Å²) >= 11 is 1.72. The highest BCUT2D eigenvalue weighted by atomic mass is 32.1. The predicted molar refractivity (Wildman–Crippen MR) is 96.6 cm³/mol. The number of nitrogens with one attached hydrogen (secondary N) is 1. The molecule has 0 unspecified atom stereocenters. The van der Waals surface area contributed by atoms with Crippen molar-refractivity contribution in [3.8, 4) is 0 Å². The van der Waals surface area contributed by atoms with E-state index in [-0.39, 0.29) is 0 Å². The van der Waals surface area contributed by atoms with E-state index in [0.29, 0.717) is 5.92 Å². The standard InChI is InChI=1S/C17H22N6S/c1-11-10-24-14(20-11)7-8-18-16-13-9-19-23(2)17(13)22-15(21-16)12-5-3-4-6-12/h9-10,12H,3-8H2,1-2H3,(H,18,21,22). The van der Waals surface area contributed by atoms with Crippen LogP contribution in [0.3, 0.4) is 0 Å². The highest BCUT2D eigenvalue weighted by molar-refractivity contribution is 7.09. The molecule has 6 nitrogen and oxygen atoms in total. The summed E-state index contributed by atoms with van der Waals surface area (Å²) < 4.78 is 1.84. The van der Waals surface area contributed by atoms with Gasteiger partial charge in [-0.25, -0.2) is 15.0 Å². The third kappa shape index (κ3) is 3.00. The molecule has 0 bridgehead atoms. The molecule has 0 atom stereocenters. The lowest BCUT2D eigenvalue weighted by Gasteiger charge is -2.12. The largest absolute Gasteiger partial charge is 0.369 e. The van der Waals surface area contributed by atoms with Crippen molar-refractivity contribution in [1.29, 1.82) is 0 Å². The van der Waals surface area contributed by atoms with E-state index >= 15 is 0 Å². The van der Waals surface area contributed by atoms with E-state index in [1.54, 1.807) is 11.3 Å². The lowest BCUT2D eigenvalue weighted by atomic mass is 10.1. The average Bonchev–Trinajstić information content (AvgIpc) is 3.30. The van der Waals surface area contributed by atoms with Crippen molar-refractivity contribution in [3.63, 3.8) is 0 Å². The van der Waals surface area contributed by atoms with Crippen LogP contribution in [0.5, 0.6) is 0 Å². The van der Waals surface area contributed by atoms with Gasteiger partial charge in [0.25, 0.3) is 0 Å². The summed E-state index contributed by atoms with van der Waals surface area (Å²) in [7, 11) is 1.94. The lowest BCUT2D eigenvalue weighted by molar-refractivity contribution is 0.667. The van der Waals surface area contributed by atoms with E-state index in [2.05, 4.69) is 20.8 Å². The number of nitrogens with zero attached hydrogens (tertiary/aromatic N) is 5. The van der Waals surface area contributed by atoms with Crippen LogP contribution in [0.15, 0.2) is 11.6 Å². The van der Waals surface area contributed by atoms with Crippen molar-refractivity contribution in [2.24, 2.45) is 7.05 Å². The van der Waals surface area contributed by atoms with Crippen molar-refractivity contribution < 1.29 is 0 Å². The summed E-state index contributed by atoms with van der Waals surface area (Å²) in [6.45, 7) is 2.85. The Balaban J connectivity index is 1.58. The molecular weight excluding hydrogens is 320 g/mol. The molecule has 0 saturated heterocycles. The van der Waals surface area contributed by atoms with Crippen molar-refractivity contribution in [3.05, 3.63) is 28.1 Å². The molecular formula is C17H22N6S. The molecule has 7 heteroatoms. The van der Waals surface area contributed by atoms with Gasteiger partial charge < -0.3 is 5.32 Å². The van der Waals surface area contributed by atoms with Crippen molar-refractivity contribution in [2.75, 3.05) is 11.9 Å². The minimum Gasteiger partial charge on any atom is -0.369 e. The monoisotopic (exact) mass is 342 g/mol. The zero-order chi connectivity index (χ0) is 16.5. The summed E-state index contributed by atoms with van der Waals surface area (Å²) in [6.07, 6.45) is 7.71. The van der Waals surface area contributed by atoms with E-state index in [0.717, 1.165) is 46.3 Å². The maximum absolute atomic E-state index is 4.84. The molecule has 4 rings (SSSR count). The van der Waals surface area contributed by atoms with Crippen molar-refractivity contribution in [2.45, 2.75) is 44.9 Å². The maximum atomic E-state index is 4.84. The molecule has 0 amide bonds. The van der Waals surface area contributed by atoms with Crippen LogP contribution < -0.4 is 5.32 Å². The Morgan fingerprint density at radius 2 is 2.08 bits per heavy atom. The van der Waals surface area contributed by atoms with Crippen LogP contribution in [0.2, 0.25) is 0 Å². The Bertz CT molecular complexity index is 846. The summed E-state index contributed by atoms with van der Waals surface area (Å²) in [5.41, 5.74) is 2.01. The van der Waals surface area contributed by atoms with Gasteiger partial charge in [-0.05, 0) is 19.8 Å². The fourth-order valence-electron chi connectivity index (χ4n) is 3.35. The number of rotatable bonds is 5. The smallest absolute Gasteiger partial charge is 0.163 e. The van der Waals surface area contributed by atoms with Crippen LogP contribution in [-0.2, 0) is 13.5 Å². The van der Waals surface area contributed by atoms with E-state index in [9.17, 15) is 0 Å². The average molecular weight is 342 g/mol. The first-order valence-corrected chi connectivity index (χ1v) is 9.43. The Kier molecular flexibility index (Phi) is 4.18. The number of aryl methyl sites for hydroxylation is 2. The van der Waals surface area contributed by atoms with Crippen LogP contribution in [0, 0.1) is 6.92 Å². The van der Waals surface area contributed by atoms with Crippen molar-refractivity contribution >= 4 is 28.2 Å². The highest BCUT2D eigenvalue weighted by Crippen LogP contribution is 2.34. The third-order valence-electron chi connectivity index (χ3n) is 4.63. The lowest BCUT2D eigenvalue weighted by Crippen LogP contribution is -2.10. The summed E-state index contributed by atoms with van der Waals surface area (Å²) in [5.74, 6) is 2.37. The molecule has 3 aromatic heterocycles. The minimum absolute atomic E-state index is 0.492. The molecule has 126 valence electrons. The molecule has 1 aliphatic carbocycles. The zero-order valence-corrected chi connectivity index (χ0v) is 14.9. The van der Waals surface area contributed by atoms with Crippen LogP contribution in [0.4, 0.5) is 5.82 Å². The number of hydrogen-bond acceptors (Lipinski definition) is 6. The second-order valence-corrected chi connectivity index (χ2v) is 7.42. The summed E-state index contributed by atoms with van der Waals surface area (Å²) in [5, 5.41) is 12.1. The van der Waals surface area contributed by atoms with Gasteiger partial charge in [0, 0.05) is 37.0 Å². The Hall–Kier alpha value is -2.02. The van der Waals surface area contributed by atoms with Gasteiger partial charge in [-0.1, -0.05) is 12.8 Å². The molecule has 24 heavy (non-hydrogen) atoms. The van der Waals surface area contributed by atoms with Gasteiger partial charge in [0.2, 0.25) is 0 Å². The molecule has 1 fully saturated rings. The van der Waals surface area contributed by atoms with E-state index < -0.39 is 0 Å². The number of hydrogen-bond donors (Lipinski definition) is 1. The van der Waals surface area contributed by atoms with Crippen molar-refractivity contribution in [1.82, 2.24) is 24.7 Å². The fraction of sp³-hybridized carbons (Fsp3) is 0.529. The normalized spacial score (nSPS) is 15.4. The first-order chi connectivity index (χ1) is 11.7. The number of aromatic nitrogens is 5. The number of fused-ring (bicyclic) bond motifs is 1. The first-order valence-electron chi connectivity index (χ1n) is 8.55. The van der Waals surface area contributed by atoms with E-state index in [1.165, 1.54) is 25.7 Å². The fourth-order valence-corrected chi connectivity index (χ4v) is 4.12. The highest BCUT2D eigenvalue weighted by Gasteiger charge is 2.22. The first kappa shape index (κ1) is 15.5. The summed E-state index contributed by atoms with van der Waals surface area (Å²) in [6, 6.07) is 0. The molecule has 0 aliphatic heterocycles. The molecule has 1 N–H and O–H groups in total.